The molecule has 118 valence electrons. The third-order valence-corrected chi connectivity index (χ3v) is 5.47. The molecule has 1 aliphatic carbocycles. The molecule has 0 aromatic carbocycles. The Morgan fingerprint density at radius 1 is 1.19 bits per heavy atom. The normalized spacial score (nSPS) is 23.0. The minimum absolute atomic E-state index is 0.0263. The maximum Gasteiger partial charge on any atom is 0.265 e. The first-order valence-electron chi connectivity index (χ1n) is 8.17. The lowest BCUT2D eigenvalue weighted by Crippen LogP contribution is -2.23. The van der Waals surface area contributed by atoms with Gasteiger partial charge in [-0.15, -0.1) is 0 Å². The van der Waals surface area contributed by atoms with Crippen LogP contribution in [-0.2, 0) is 6.42 Å². The average Bonchev–Trinajstić information content (AvgIpc) is 2.43. The van der Waals surface area contributed by atoms with Gasteiger partial charge < -0.3 is 4.98 Å². The average molecular weight is 355 g/mol. The minimum Gasteiger partial charge on any atom is -0.309 e. The van der Waals surface area contributed by atoms with Crippen LogP contribution >= 0.6 is 15.9 Å². The van der Waals surface area contributed by atoms with Crippen LogP contribution in [0, 0.1) is 17.8 Å². The van der Waals surface area contributed by atoms with Gasteiger partial charge in [-0.25, -0.2) is 4.98 Å². The third kappa shape index (κ3) is 4.18. The molecule has 0 radical (unpaired) electrons. The SMILES string of the molecule is CC(C)Cc1nc(C2CCC(C(C)C)CC2)[nH]c(=O)c1Br. The molecule has 1 fully saturated rings. The van der Waals surface area contributed by atoms with Gasteiger partial charge in [0.1, 0.15) is 10.3 Å². The highest BCUT2D eigenvalue weighted by Gasteiger charge is 2.26. The molecule has 4 heteroatoms. The predicted molar refractivity (Wildman–Crippen MR) is 90.6 cm³/mol. The van der Waals surface area contributed by atoms with E-state index in [1.165, 1.54) is 12.8 Å². The largest absolute Gasteiger partial charge is 0.309 e. The highest BCUT2D eigenvalue weighted by atomic mass is 79.9. The van der Waals surface area contributed by atoms with Gasteiger partial charge in [0.25, 0.3) is 5.56 Å². The highest BCUT2D eigenvalue weighted by molar-refractivity contribution is 9.10. The van der Waals surface area contributed by atoms with Gasteiger partial charge in [0.15, 0.2) is 0 Å². The van der Waals surface area contributed by atoms with Gasteiger partial charge in [-0.3, -0.25) is 4.79 Å². The summed E-state index contributed by atoms with van der Waals surface area (Å²) in [5.74, 6) is 3.42. The molecule has 1 aromatic heterocycles. The molecule has 1 aliphatic rings. The fourth-order valence-corrected chi connectivity index (χ4v) is 3.65. The van der Waals surface area contributed by atoms with Crippen molar-refractivity contribution in [3.8, 4) is 0 Å². The Bertz CT molecular complexity index is 528. The maximum absolute atomic E-state index is 12.1. The number of hydrogen-bond donors (Lipinski definition) is 1. The van der Waals surface area contributed by atoms with Crippen LogP contribution in [0.1, 0.15) is 70.8 Å². The summed E-state index contributed by atoms with van der Waals surface area (Å²) in [6.45, 7) is 8.93. The first-order chi connectivity index (χ1) is 9.88. The number of aromatic amines is 1. The zero-order valence-corrected chi connectivity index (χ0v) is 15.2. The first kappa shape index (κ1) is 16.7. The van der Waals surface area contributed by atoms with Crippen LogP contribution in [0.25, 0.3) is 0 Å². The van der Waals surface area contributed by atoms with E-state index < -0.39 is 0 Å². The van der Waals surface area contributed by atoms with E-state index in [0.29, 0.717) is 16.3 Å². The van der Waals surface area contributed by atoms with Gasteiger partial charge >= 0.3 is 0 Å². The molecule has 0 aliphatic heterocycles. The zero-order chi connectivity index (χ0) is 15.6. The number of halogens is 1. The topological polar surface area (TPSA) is 45.8 Å². The Balaban J connectivity index is 2.17. The molecule has 0 unspecified atom stereocenters. The Kier molecular flexibility index (Phi) is 5.64. The fraction of sp³-hybridized carbons (Fsp3) is 0.765. The predicted octanol–water partition coefficient (Wildman–Crippen LogP) is 4.66. The zero-order valence-electron chi connectivity index (χ0n) is 13.6. The van der Waals surface area contributed by atoms with Crippen LogP contribution in [0.4, 0.5) is 0 Å². The summed E-state index contributed by atoms with van der Waals surface area (Å²) in [5.41, 5.74) is 0.886. The van der Waals surface area contributed by atoms with Crippen LogP contribution in [0.15, 0.2) is 9.27 Å². The summed E-state index contributed by atoms with van der Waals surface area (Å²) in [7, 11) is 0. The smallest absolute Gasteiger partial charge is 0.265 e. The van der Waals surface area contributed by atoms with Crippen LogP contribution in [-0.4, -0.2) is 9.97 Å². The summed E-state index contributed by atoms with van der Waals surface area (Å²) in [6.07, 6.45) is 5.64. The molecule has 21 heavy (non-hydrogen) atoms. The highest BCUT2D eigenvalue weighted by Crippen LogP contribution is 2.37. The third-order valence-electron chi connectivity index (χ3n) is 4.65. The van der Waals surface area contributed by atoms with E-state index in [4.69, 9.17) is 4.98 Å². The van der Waals surface area contributed by atoms with E-state index in [9.17, 15) is 4.79 Å². The van der Waals surface area contributed by atoms with Gasteiger partial charge in [0.05, 0.1) is 5.69 Å². The number of nitrogens with zero attached hydrogens (tertiary/aromatic N) is 1. The molecule has 1 saturated carbocycles. The summed E-state index contributed by atoms with van der Waals surface area (Å²) in [4.78, 5) is 19.9. The van der Waals surface area contributed by atoms with Gasteiger partial charge in [0, 0.05) is 5.92 Å². The molecule has 1 N–H and O–H groups in total. The summed E-state index contributed by atoms with van der Waals surface area (Å²) in [6, 6.07) is 0. The van der Waals surface area contributed by atoms with Crippen LogP contribution in [0.2, 0.25) is 0 Å². The molecule has 1 aromatic rings. The van der Waals surface area contributed by atoms with E-state index in [-0.39, 0.29) is 5.56 Å². The van der Waals surface area contributed by atoms with Crippen molar-refractivity contribution in [3.63, 3.8) is 0 Å². The second-order valence-corrected chi connectivity index (χ2v) is 7.96. The molecular formula is C17H27BrN2O. The Morgan fingerprint density at radius 3 is 2.33 bits per heavy atom. The van der Waals surface area contributed by atoms with Crippen molar-refractivity contribution in [2.75, 3.05) is 0 Å². The van der Waals surface area contributed by atoms with Crippen molar-refractivity contribution in [2.45, 2.75) is 65.7 Å². The first-order valence-corrected chi connectivity index (χ1v) is 8.96. The Hall–Kier alpha value is -0.640. The van der Waals surface area contributed by atoms with E-state index in [1.54, 1.807) is 0 Å². The quantitative estimate of drug-likeness (QED) is 0.854. The maximum atomic E-state index is 12.1. The number of nitrogens with one attached hydrogen (secondary N) is 1. The van der Waals surface area contributed by atoms with Crippen molar-refractivity contribution in [1.82, 2.24) is 9.97 Å². The number of hydrogen-bond acceptors (Lipinski definition) is 2. The van der Waals surface area contributed by atoms with Gasteiger partial charge in [0.2, 0.25) is 0 Å². The number of aromatic nitrogens is 2. The lowest BCUT2D eigenvalue weighted by molar-refractivity contribution is 0.254. The van der Waals surface area contributed by atoms with Crippen molar-refractivity contribution < 1.29 is 0 Å². The Labute approximate surface area is 136 Å². The van der Waals surface area contributed by atoms with E-state index in [2.05, 4.69) is 48.6 Å². The monoisotopic (exact) mass is 354 g/mol. The van der Waals surface area contributed by atoms with Crippen molar-refractivity contribution >= 4 is 15.9 Å². The van der Waals surface area contributed by atoms with E-state index in [1.807, 2.05) is 0 Å². The van der Waals surface area contributed by atoms with Crippen molar-refractivity contribution in [1.29, 1.82) is 0 Å². The van der Waals surface area contributed by atoms with Gasteiger partial charge in [-0.05, 0) is 65.8 Å². The standard InChI is InChI=1S/C17H27BrN2O/c1-10(2)9-14-15(18)17(21)20-16(19-14)13-7-5-12(6-8-13)11(3)4/h10-13H,5-9H2,1-4H3,(H,19,20,21). The van der Waals surface area contributed by atoms with Crippen LogP contribution in [0.5, 0.6) is 0 Å². The molecule has 0 bridgehead atoms. The van der Waals surface area contributed by atoms with E-state index >= 15 is 0 Å². The molecule has 0 saturated heterocycles. The summed E-state index contributed by atoms with van der Waals surface area (Å²) >= 11 is 3.39. The molecule has 1 heterocycles. The Morgan fingerprint density at radius 2 is 1.81 bits per heavy atom. The molecule has 2 rings (SSSR count). The van der Waals surface area contributed by atoms with Crippen molar-refractivity contribution in [3.05, 3.63) is 26.3 Å². The molecule has 0 spiro atoms. The van der Waals surface area contributed by atoms with Crippen LogP contribution in [0.3, 0.4) is 0 Å². The molecule has 3 nitrogen and oxygen atoms in total. The lowest BCUT2D eigenvalue weighted by atomic mass is 9.76. The second-order valence-electron chi connectivity index (χ2n) is 7.17. The molecule has 0 amide bonds. The summed E-state index contributed by atoms with van der Waals surface area (Å²) in [5, 5.41) is 0. The molecular weight excluding hydrogens is 328 g/mol. The second kappa shape index (κ2) is 7.08. The minimum atomic E-state index is -0.0263. The van der Waals surface area contributed by atoms with Gasteiger partial charge in [-0.2, -0.15) is 0 Å². The van der Waals surface area contributed by atoms with Crippen LogP contribution < -0.4 is 5.56 Å². The molecule has 0 atom stereocenters. The van der Waals surface area contributed by atoms with Crippen molar-refractivity contribution in [2.24, 2.45) is 17.8 Å². The summed E-state index contributed by atoms with van der Waals surface area (Å²) < 4.78 is 0.607. The number of H-pyrrole nitrogens is 1. The lowest BCUT2D eigenvalue weighted by Gasteiger charge is -2.30. The number of rotatable bonds is 4. The van der Waals surface area contributed by atoms with E-state index in [0.717, 1.165) is 42.6 Å². The fourth-order valence-electron chi connectivity index (χ4n) is 3.30. The van der Waals surface area contributed by atoms with Gasteiger partial charge in [-0.1, -0.05) is 27.7 Å².